The van der Waals surface area contributed by atoms with Crippen LogP contribution >= 0.6 is 23.2 Å². The van der Waals surface area contributed by atoms with E-state index in [0.717, 1.165) is 16.7 Å². The number of hydrogen-bond donors (Lipinski definition) is 3. The molecule has 0 bridgehead atoms. The second-order valence-electron chi connectivity index (χ2n) is 8.48. The summed E-state index contributed by atoms with van der Waals surface area (Å²) in [6.07, 6.45) is 1.52. The number of nitrogens with one attached hydrogen (secondary N) is 2. The Kier molecular flexibility index (Phi) is 9.80. The van der Waals surface area contributed by atoms with Gasteiger partial charge in [-0.15, -0.1) is 0 Å². The molecule has 0 aliphatic heterocycles. The summed E-state index contributed by atoms with van der Waals surface area (Å²) in [7, 11) is 1.58. The van der Waals surface area contributed by atoms with E-state index in [2.05, 4.69) is 15.8 Å². The number of carbonyl (C=O) groups excluding carboxylic acids is 1. The Bertz CT molecular complexity index is 1450. The van der Waals surface area contributed by atoms with Gasteiger partial charge in [-0.05, 0) is 59.2 Å². The highest BCUT2D eigenvalue weighted by Gasteiger charge is 2.15. The number of ether oxygens (including phenoxy) is 2. The predicted molar refractivity (Wildman–Crippen MR) is 155 cm³/mol. The summed E-state index contributed by atoms with van der Waals surface area (Å²) in [5, 5.41) is 17.8. The van der Waals surface area contributed by atoms with Crippen LogP contribution in [0.25, 0.3) is 11.1 Å². The quantitative estimate of drug-likeness (QED) is 0.113. The van der Waals surface area contributed by atoms with Gasteiger partial charge in [-0.3, -0.25) is 4.79 Å². The molecule has 0 aromatic heterocycles. The Morgan fingerprint density at radius 3 is 2.49 bits per heavy atom. The molecule has 7 nitrogen and oxygen atoms in total. The third-order valence-electron chi connectivity index (χ3n) is 5.74. The number of methoxy groups -OCH3 is 1. The van der Waals surface area contributed by atoms with E-state index >= 15 is 0 Å². The standard InChI is InChI=1S/C30H27Cl2N3O4/c1-38-28-16-21(19-34-35-30(37)23-9-12-27(36)26(32)17-23)15-25(22-5-3-2-4-6-22)29(28)39-14-13-33-18-20-7-10-24(31)11-8-20/h2-12,15-17,19,33,36H,13-14,18H2,1H3,(H,35,37)/b34-19+. The second-order valence-corrected chi connectivity index (χ2v) is 9.33. The van der Waals surface area contributed by atoms with Crippen LogP contribution in [-0.2, 0) is 6.54 Å². The minimum Gasteiger partial charge on any atom is -0.506 e. The van der Waals surface area contributed by atoms with E-state index in [1.54, 1.807) is 13.2 Å². The molecule has 0 aliphatic rings. The van der Waals surface area contributed by atoms with E-state index in [-0.39, 0.29) is 16.3 Å². The molecule has 0 spiro atoms. The molecule has 4 aromatic rings. The van der Waals surface area contributed by atoms with Crippen LogP contribution in [0.15, 0.2) is 90.0 Å². The lowest BCUT2D eigenvalue weighted by Gasteiger charge is -2.17. The lowest BCUT2D eigenvalue weighted by atomic mass is 10.0. The van der Waals surface area contributed by atoms with Crippen molar-refractivity contribution in [3.8, 4) is 28.4 Å². The molecule has 0 saturated heterocycles. The van der Waals surface area contributed by atoms with E-state index in [4.69, 9.17) is 32.7 Å². The van der Waals surface area contributed by atoms with Gasteiger partial charge in [-0.2, -0.15) is 5.10 Å². The molecule has 39 heavy (non-hydrogen) atoms. The summed E-state index contributed by atoms with van der Waals surface area (Å²) in [5.74, 6) is 0.579. The average Bonchev–Trinajstić information content (AvgIpc) is 2.95. The first-order valence-corrected chi connectivity index (χ1v) is 12.9. The van der Waals surface area contributed by atoms with Crippen LogP contribution in [0.3, 0.4) is 0 Å². The zero-order valence-corrected chi connectivity index (χ0v) is 22.7. The summed E-state index contributed by atoms with van der Waals surface area (Å²) >= 11 is 11.9. The molecule has 4 aromatic carbocycles. The summed E-state index contributed by atoms with van der Waals surface area (Å²) < 4.78 is 11.9. The molecule has 4 rings (SSSR count). The molecule has 0 saturated carbocycles. The minimum atomic E-state index is -0.463. The number of phenolic OH excluding ortho intramolecular Hbond substituents is 1. The summed E-state index contributed by atoms with van der Waals surface area (Å²) in [5.41, 5.74) is 6.34. The zero-order valence-electron chi connectivity index (χ0n) is 21.2. The van der Waals surface area contributed by atoms with Crippen LogP contribution in [0.5, 0.6) is 17.2 Å². The van der Waals surface area contributed by atoms with Crippen molar-refractivity contribution in [2.45, 2.75) is 6.54 Å². The average molecular weight is 564 g/mol. The van der Waals surface area contributed by atoms with Crippen molar-refractivity contribution in [1.82, 2.24) is 10.7 Å². The number of amides is 1. The van der Waals surface area contributed by atoms with Gasteiger partial charge < -0.3 is 19.9 Å². The third kappa shape index (κ3) is 7.74. The SMILES string of the molecule is COc1cc(/C=N/NC(=O)c2ccc(O)c(Cl)c2)cc(-c2ccccc2)c1OCCNCc1ccc(Cl)cc1. The number of hydrazone groups is 1. The molecular formula is C30H27Cl2N3O4. The van der Waals surface area contributed by atoms with Crippen molar-refractivity contribution >= 4 is 35.3 Å². The Morgan fingerprint density at radius 1 is 1.00 bits per heavy atom. The second kappa shape index (κ2) is 13.7. The van der Waals surface area contributed by atoms with Crippen LogP contribution in [0.4, 0.5) is 0 Å². The van der Waals surface area contributed by atoms with Crippen molar-refractivity contribution in [2.24, 2.45) is 5.10 Å². The topological polar surface area (TPSA) is 92.2 Å². The van der Waals surface area contributed by atoms with Gasteiger partial charge in [0.25, 0.3) is 5.91 Å². The highest BCUT2D eigenvalue weighted by atomic mass is 35.5. The van der Waals surface area contributed by atoms with Gasteiger partial charge in [-0.25, -0.2) is 5.43 Å². The lowest BCUT2D eigenvalue weighted by Crippen LogP contribution is -2.21. The molecule has 1 amide bonds. The van der Waals surface area contributed by atoms with E-state index < -0.39 is 5.91 Å². The normalized spacial score (nSPS) is 10.9. The molecule has 0 fully saturated rings. The molecule has 9 heteroatoms. The Labute approximate surface area is 237 Å². The summed E-state index contributed by atoms with van der Waals surface area (Å²) in [6.45, 7) is 1.74. The van der Waals surface area contributed by atoms with Crippen molar-refractivity contribution in [3.63, 3.8) is 0 Å². The van der Waals surface area contributed by atoms with Gasteiger partial charge in [0.1, 0.15) is 12.4 Å². The monoisotopic (exact) mass is 563 g/mol. The number of halogens is 2. The van der Waals surface area contributed by atoms with Crippen molar-refractivity contribution < 1.29 is 19.4 Å². The molecular weight excluding hydrogens is 537 g/mol. The molecule has 200 valence electrons. The number of rotatable bonds is 11. The van der Waals surface area contributed by atoms with Crippen molar-refractivity contribution in [2.75, 3.05) is 20.3 Å². The first-order chi connectivity index (χ1) is 18.9. The van der Waals surface area contributed by atoms with Crippen molar-refractivity contribution in [3.05, 3.63) is 112 Å². The van der Waals surface area contributed by atoms with Crippen LogP contribution in [0, 0.1) is 0 Å². The smallest absolute Gasteiger partial charge is 0.271 e. The minimum absolute atomic E-state index is 0.0830. The number of benzene rings is 4. The first kappa shape index (κ1) is 28.0. The number of nitrogens with zero attached hydrogens (tertiary/aromatic N) is 1. The Balaban J connectivity index is 1.47. The Hall–Kier alpha value is -4.04. The van der Waals surface area contributed by atoms with Crippen molar-refractivity contribution in [1.29, 1.82) is 0 Å². The number of phenols is 1. The first-order valence-electron chi connectivity index (χ1n) is 12.1. The lowest BCUT2D eigenvalue weighted by molar-refractivity contribution is 0.0955. The summed E-state index contributed by atoms with van der Waals surface area (Å²) in [4.78, 5) is 12.4. The van der Waals surface area contributed by atoms with Gasteiger partial charge in [-0.1, -0.05) is 65.7 Å². The molecule has 3 N–H and O–H groups in total. The van der Waals surface area contributed by atoms with E-state index in [1.165, 1.54) is 24.4 Å². The maximum atomic E-state index is 12.4. The fourth-order valence-electron chi connectivity index (χ4n) is 3.77. The van der Waals surface area contributed by atoms with E-state index in [1.807, 2.05) is 60.7 Å². The van der Waals surface area contributed by atoms with Gasteiger partial charge in [0, 0.05) is 29.2 Å². The van der Waals surface area contributed by atoms with Crippen LogP contribution in [0.1, 0.15) is 21.5 Å². The maximum absolute atomic E-state index is 12.4. The van der Waals surface area contributed by atoms with Gasteiger partial charge >= 0.3 is 0 Å². The molecule has 0 radical (unpaired) electrons. The van der Waals surface area contributed by atoms with E-state index in [0.29, 0.717) is 41.8 Å². The molecule has 0 atom stereocenters. The van der Waals surface area contributed by atoms with Crippen LogP contribution < -0.4 is 20.2 Å². The third-order valence-corrected chi connectivity index (χ3v) is 6.29. The highest BCUT2D eigenvalue weighted by molar-refractivity contribution is 6.32. The van der Waals surface area contributed by atoms with Gasteiger partial charge in [0.2, 0.25) is 0 Å². The molecule has 0 heterocycles. The fourth-order valence-corrected chi connectivity index (χ4v) is 4.08. The zero-order chi connectivity index (χ0) is 27.6. The molecule has 0 unspecified atom stereocenters. The number of aromatic hydroxyl groups is 1. The van der Waals surface area contributed by atoms with E-state index in [9.17, 15) is 9.90 Å². The van der Waals surface area contributed by atoms with Crippen LogP contribution in [0.2, 0.25) is 10.0 Å². The van der Waals surface area contributed by atoms with Crippen LogP contribution in [-0.4, -0.2) is 37.5 Å². The predicted octanol–water partition coefficient (Wildman–Crippen LogP) is 6.31. The fraction of sp³-hybridized carbons (Fsp3) is 0.133. The van der Waals surface area contributed by atoms with Gasteiger partial charge in [0.15, 0.2) is 11.5 Å². The largest absolute Gasteiger partial charge is 0.506 e. The van der Waals surface area contributed by atoms with Gasteiger partial charge in [0.05, 0.1) is 18.3 Å². The Morgan fingerprint density at radius 2 is 1.77 bits per heavy atom. The maximum Gasteiger partial charge on any atom is 0.271 e. The summed E-state index contributed by atoms with van der Waals surface area (Å²) in [6, 6.07) is 25.4. The number of carbonyl (C=O) groups is 1. The highest BCUT2D eigenvalue weighted by Crippen LogP contribution is 2.39. The number of hydrogen-bond acceptors (Lipinski definition) is 6. The molecule has 0 aliphatic carbocycles.